The van der Waals surface area contributed by atoms with E-state index in [9.17, 15) is 4.79 Å². The van der Waals surface area contributed by atoms with Crippen molar-refractivity contribution in [1.82, 2.24) is 9.78 Å². The summed E-state index contributed by atoms with van der Waals surface area (Å²) in [6, 6.07) is 1.12. The van der Waals surface area contributed by atoms with Crippen LogP contribution in [-0.2, 0) is 6.54 Å². The lowest BCUT2D eigenvalue weighted by Gasteiger charge is -2.02. The molecule has 0 radical (unpaired) electrons. The maximum absolute atomic E-state index is 10.4. The molecule has 1 heterocycles. The van der Waals surface area contributed by atoms with E-state index in [2.05, 4.69) is 10.4 Å². The number of amides is 2. The van der Waals surface area contributed by atoms with Gasteiger partial charge in [0.25, 0.3) is 0 Å². The Balaban J connectivity index is 2.76. The Bertz CT molecular complexity index is 255. The van der Waals surface area contributed by atoms with Crippen LogP contribution >= 0.6 is 0 Å². The first-order valence-corrected chi connectivity index (χ1v) is 3.32. The molecule has 2 amide bonds. The number of rotatable bonds is 2. The summed E-state index contributed by atoms with van der Waals surface area (Å²) < 4.78 is 1.64. The molecular formula is C6H10N4O. The summed E-state index contributed by atoms with van der Waals surface area (Å²) in [5, 5.41) is 6.38. The minimum absolute atomic E-state index is 0.569. The highest BCUT2D eigenvalue weighted by Gasteiger charge is 2.00. The van der Waals surface area contributed by atoms with E-state index in [1.807, 2.05) is 6.92 Å². The van der Waals surface area contributed by atoms with Gasteiger partial charge in [0, 0.05) is 12.6 Å². The molecule has 0 fully saturated rings. The largest absolute Gasteiger partial charge is 0.351 e. The first kappa shape index (κ1) is 7.59. The van der Waals surface area contributed by atoms with E-state index in [0.29, 0.717) is 12.4 Å². The number of hydrogen-bond acceptors (Lipinski definition) is 2. The first-order chi connectivity index (χ1) is 5.24. The number of carbonyl (C=O) groups is 1. The molecule has 11 heavy (non-hydrogen) atoms. The van der Waals surface area contributed by atoms with E-state index >= 15 is 0 Å². The number of anilines is 1. The summed E-state index contributed by atoms with van der Waals surface area (Å²) in [5.74, 6) is 0.625. The molecule has 0 spiro atoms. The average Bonchev–Trinajstić information content (AvgIpc) is 2.34. The maximum Gasteiger partial charge on any atom is 0.317 e. The molecule has 0 aliphatic carbocycles. The van der Waals surface area contributed by atoms with Crippen LogP contribution in [0.4, 0.5) is 10.6 Å². The van der Waals surface area contributed by atoms with Gasteiger partial charge in [-0.2, -0.15) is 5.10 Å². The number of urea groups is 1. The highest BCUT2D eigenvalue weighted by Crippen LogP contribution is 2.03. The van der Waals surface area contributed by atoms with Crippen LogP contribution in [0.15, 0.2) is 12.3 Å². The minimum atomic E-state index is -0.569. The third-order valence-electron chi connectivity index (χ3n) is 1.27. The Kier molecular flexibility index (Phi) is 2.10. The van der Waals surface area contributed by atoms with E-state index < -0.39 is 6.03 Å². The summed E-state index contributed by atoms with van der Waals surface area (Å²) in [6.45, 7) is 2.64. The van der Waals surface area contributed by atoms with Gasteiger partial charge in [-0.3, -0.25) is 5.32 Å². The number of hydrogen-bond donors (Lipinski definition) is 2. The Morgan fingerprint density at radius 2 is 2.64 bits per heavy atom. The van der Waals surface area contributed by atoms with Gasteiger partial charge in [-0.25, -0.2) is 9.48 Å². The van der Waals surface area contributed by atoms with E-state index in [1.165, 1.54) is 0 Å². The van der Waals surface area contributed by atoms with Crippen LogP contribution in [0.1, 0.15) is 6.92 Å². The first-order valence-electron chi connectivity index (χ1n) is 3.32. The van der Waals surface area contributed by atoms with E-state index in [0.717, 1.165) is 0 Å². The zero-order valence-corrected chi connectivity index (χ0v) is 6.24. The van der Waals surface area contributed by atoms with Gasteiger partial charge in [-0.15, -0.1) is 0 Å². The quantitative estimate of drug-likeness (QED) is 0.646. The van der Waals surface area contributed by atoms with Crippen molar-refractivity contribution in [3.8, 4) is 0 Å². The third kappa shape index (κ3) is 1.70. The predicted molar refractivity (Wildman–Crippen MR) is 41.1 cm³/mol. The zero-order chi connectivity index (χ0) is 8.27. The normalized spacial score (nSPS) is 9.55. The lowest BCUT2D eigenvalue weighted by molar-refractivity contribution is 0.259. The summed E-state index contributed by atoms with van der Waals surface area (Å²) in [4.78, 5) is 10.4. The smallest absolute Gasteiger partial charge is 0.317 e. The zero-order valence-electron chi connectivity index (χ0n) is 6.24. The lowest BCUT2D eigenvalue weighted by Crippen LogP contribution is -2.21. The molecule has 0 aliphatic rings. The molecule has 0 atom stereocenters. The number of nitrogens with one attached hydrogen (secondary N) is 1. The topological polar surface area (TPSA) is 72.9 Å². The van der Waals surface area contributed by atoms with Gasteiger partial charge in [0.2, 0.25) is 0 Å². The molecule has 3 N–H and O–H groups in total. The van der Waals surface area contributed by atoms with Gasteiger partial charge in [0.15, 0.2) is 0 Å². The lowest BCUT2D eigenvalue weighted by atomic mass is 10.6. The monoisotopic (exact) mass is 154 g/mol. The van der Waals surface area contributed by atoms with Crippen molar-refractivity contribution in [3.63, 3.8) is 0 Å². The molecular weight excluding hydrogens is 144 g/mol. The number of aromatic nitrogens is 2. The van der Waals surface area contributed by atoms with Gasteiger partial charge >= 0.3 is 6.03 Å². The SMILES string of the molecule is CCn1nccc1NC(N)=O. The van der Waals surface area contributed by atoms with E-state index in [4.69, 9.17) is 5.73 Å². The molecule has 1 aromatic rings. The molecule has 0 aliphatic heterocycles. The number of primary amides is 1. The van der Waals surface area contributed by atoms with Crippen LogP contribution in [-0.4, -0.2) is 15.8 Å². The Hall–Kier alpha value is -1.52. The molecule has 0 saturated heterocycles. The average molecular weight is 154 g/mol. The number of carbonyl (C=O) groups excluding carboxylic acids is 1. The van der Waals surface area contributed by atoms with Gasteiger partial charge in [0.1, 0.15) is 5.82 Å². The summed E-state index contributed by atoms with van der Waals surface area (Å²) >= 11 is 0. The van der Waals surface area contributed by atoms with Crippen molar-refractivity contribution in [2.45, 2.75) is 13.5 Å². The molecule has 0 unspecified atom stereocenters. The second-order valence-electron chi connectivity index (χ2n) is 2.02. The fourth-order valence-electron chi connectivity index (χ4n) is 0.817. The highest BCUT2D eigenvalue weighted by atomic mass is 16.2. The predicted octanol–water partition coefficient (Wildman–Crippen LogP) is 0.394. The van der Waals surface area contributed by atoms with Crippen molar-refractivity contribution in [2.24, 2.45) is 5.73 Å². The highest BCUT2D eigenvalue weighted by molar-refractivity contribution is 5.86. The molecule has 5 nitrogen and oxygen atoms in total. The molecule has 0 aromatic carbocycles. The minimum Gasteiger partial charge on any atom is -0.351 e. The Labute approximate surface area is 64.2 Å². The van der Waals surface area contributed by atoms with Crippen molar-refractivity contribution >= 4 is 11.8 Å². The fourth-order valence-corrected chi connectivity index (χ4v) is 0.817. The van der Waals surface area contributed by atoms with Gasteiger partial charge in [-0.05, 0) is 6.92 Å². The van der Waals surface area contributed by atoms with Crippen LogP contribution in [0, 0.1) is 0 Å². The Morgan fingerprint density at radius 3 is 3.18 bits per heavy atom. The number of nitrogens with zero attached hydrogens (tertiary/aromatic N) is 2. The molecule has 1 aromatic heterocycles. The summed E-state index contributed by atoms with van der Waals surface area (Å²) in [5.41, 5.74) is 4.92. The van der Waals surface area contributed by atoms with Crippen LogP contribution in [0.5, 0.6) is 0 Å². The summed E-state index contributed by atoms with van der Waals surface area (Å²) in [6.07, 6.45) is 1.61. The van der Waals surface area contributed by atoms with E-state index in [-0.39, 0.29) is 0 Å². The molecule has 0 bridgehead atoms. The van der Waals surface area contributed by atoms with Crippen molar-refractivity contribution in [1.29, 1.82) is 0 Å². The van der Waals surface area contributed by atoms with Crippen LogP contribution in [0.25, 0.3) is 0 Å². The van der Waals surface area contributed by atoms with Gasteiger partial charge < -0.3 is 5.73 Å². The van der Waals surface area contributed by atoms with Crippen molar-refractivity contribution < 1.29 is 4.79 Å². The van der Waals surface area contributed by atoms with E-state index in [1.54, 1.807) is 16.9 Å². The van der Waals surface area contributed by atoms with Gasteiger partial charge in [0.05, 0.1) is 6.20 Å². The Morgan fingerprint density at radius 1 is 1.91 bits per heavy atom. The second-order valence-corrected chi connectivity index (χ2v) is 2.02. The number of nitrogens with two attached hydrogens (primary N) is 1. The van der Waals surface area contributed by atoms with Crippen LogP contribution in [0.3, 0.4) is 0 Å². The maximum atomic E-state index is 10.4. The second kappa shape index (κ2) is 3.05. The standard InChI is InChI=1S/C6H10N4O/c1-2-10-5(3-4-8-10)9-6(7)11/h3-4H,2H2,1H3,(H3,7,9,11). The van der Waals surface area contributed by atoms with Gasteiger partial charge in [-0.1, -0.05) is 0 Å². The fraction of sp³-hybridized carbons (Fsp3) is 0.333. The van der Waals surface area contributed by atoms with Crippen molar-refractivity contribution in [3.05, 3.63) is 12.3 Å². The summed E-state index contributed by atoms with van der Waals surface area (Å²) in [7, 11) is 0. The number of aryl methyl sites for hydroxylation is 1. The molecule has 60 valence electrons. The van der Waals surface area contributed by atoms with Crippen LogP contribution in [0.2, 0.25) is 0 Å². The third-order valence-corrected chi connectivity index (χ3v) is 1.27. The molecule has 5 heteroatoms. The molecule has 0 saturated carbocycles. The molecule has 1 rings (SSSR count). The van der Waals surface area contributed by atoms with Crippen molar-refractivity contribution in [2.75, 3.05) is 5.32 Å². The van der Waals surface area contributed by atoms with Crippen LogP contribution < -0.4 is 11.1 Å².